The molecule has 0 heterocycles. The first-order valence-corrected chi connectivity index (χ1v) is 4.73. The first kappa shape index (κ1) is 11.4. The molecule has 0 amide bonds. The molecular formula is C12H14O3. The van der Waals surface area contributed by atoms with Gasteiger partial charge in [0.15, 0.2) is 0 Å². The lowest BCUT2D eigenvalue weighted by Gasteiger charge is -2.18. The van der Waals surface area contributed by atoms with E-state index in [1.807, 2.05) is 0 Å². The van der Waals surface area contributed by atoms with Gasteiger partial charge in [-0.3, -0.25) is 4.79 Å². The van der Waals surface area contributed by atoms with Gasteiger partial charge in [-0.15, -0.1) is 0 Å². The Kier molecular flexibility index (Phi) is 3.24. The lowest BCUT2D eigenvalue weighted by atomic mass is 10.1. The Balaban J connectivity index is 2.75. The van der Waals surface area contributed by atoms with Crippen LogP contribution in [0.1, 0.15) is 31.1 Å². The fraction of sp³-hybridized carbons (Fsp3) is 0.333. The van der Waals surface area contributed by atoms with Gasteiger partial charge in [-0.1, -0.05) is 30.3 Å². The van der Waals surface area contributed by atoms with E-state index in [1.54, 1.807) is 51.1 Å². The number of Topliss-reactive ketones (excluding diaryl/α,β-unsaturated/α-hetero) is 1. The predicted octanol–water partition coefficient (Wildman–Crippen LogP) is 2.21. The summed E-state index contributed by atoms with van der Waals surface area (Å²) in [5.41, 5.74) is -0.284. The third-order valence-electron chi connectivity index (χ3n) is 1.62. The van der Waals surface area contributed by atoms with Gasteiger partial charge in [-0.2, -0.15) is 0 Å². The Bertz CT molecular complexity index is 360. The summed E-state index contributed by atoms with van der Waals surface area (Å²) >= 11 is 0. The number of benzene rings is 1. The summed E-state index contributed by atoms with van der Waals surface area (Å²) in [6.45, 7) is 5.18. The van der Waals surface area contributed by atoms with E-state index in [9.17, 15) is 9.59 Å². The molecule has 0 unspecified atom stereocenters. The Labute approximate surface area is 89.1 Å². The van der Waals surface area contributed by atoms with Crippen molar-refractivity contribution in [3.63, 3.8) is 0 Å². The van der Waals surface area contributed by atoms with Crippen molar-refractivity contribution >= 4 is 11.8 Å². The molecule has 3 heteroatoms. The van der Waals surface area contributed by atoms with E-state index in [4.69, 9.17) is 4.74 Å². The highest BCUT2D eigenvalue weighted by molar-refractivity contribution is 6.40. The standard InChI is InChI=1S/C12H14O3/c1-12(2,3)15-11(14)10(13)9-7-5-4-6-8-9/h4-8H,1-3H3. The van der Waals surface area contributed by atoms with Crippen molar-refractivity contribution in [2.45, 2.75) is 26.4 Å². The van der Waals surface area contributed by atoms with Crippen molar-refractivity contribution in [2.24, 2.45) is 0 Å². The molecule has 0 radical (unpaired) electrons. The van der Waals surface area contributed by atoms with E-state index >= 15 is 0 Å². The van der Waals surface area contributed by atoms with Crippen LogP contribution < -0.4 is 0 Å². The minimum atomic E-state index is -0.811. The highest BCUT2D eigenvalue weighted by Gasteiger charge is 2.23. The van der Waals surface area contributed by atoms with E-state index in [0.717, 1.165) is 0 Å². The molecule has 15 heavy (non-hydrogen) atoms. The predicted molar refractivity (Wildman–Crippen MR) is 56.6 cm³/mol. The highest BCUT2D eigenvalue weighted by Crippen LogP contribution is 2.09. The van der Waals surface area contributed by atoms with Crippen LogP contribution in [0.15, 0.2) is 30.3 Å². The molecule has 0 aliphatic rings. The maximum absolute atomic E-state index is 11.5. The van der Waals surface area contributed by atoms with E-state index < -0.39 is 17.4 Å². The number of rotatable bonds is 2. The molecule has 0 aliphatic heterocycles. The van der Waals surface area contributed by atoms with Gasteiger partial charge in [0.25, 0.3) is 5.78 Å². The summed E-state index contributed by atoms with van der Waals surface area (Å²) in [7, 11) is 0. The van der Waals surface area contributed by atoms with Crippen LogP contribution in [-0.2, 0) is 9.53 Å². The third kappa shape index (κ3) is 3.54. The second-order valence-corrected chi connectivity index (χ2v) is 4.20. The van der Waals surface area contributed by atoms with Gasteiger partial charge in [-0.05, 0) is 20.8 Å². The second kappa shape index (κ2) is 4.26. The molecule has 0 aliphatic carbocycles. The quantitative estimate of drug-likeness (QED) is 0.423. The summed E-state index contributed by atoms with van der Waals surface area (Å²) in [5, 5.41) is 0. The summed E-state index contributed by atoms with van der Waals surface area (Å²) in [4.78, 5) is 22.9. The summed E-state index contributed by atoms with van der Waals surface area (Å²) in [6, 6.07) is 8.37. The zero-order chi connectivity index (χ0) is 11.5. The Morgan fingerprint density at radius 2 is 1.60 bits per heavy atom. The van der Waals surface area contributed by atoms with E-state index in [0.29, 0.717) is 5.56 Å². The van der Waals surface area contributed by atoms with Crippen molar-refractivity contribution in [3.8, 4) is 0 Å². The molecule has 3 nitrogen and oxygen atoms in total. The molecule has 0 atom stereocenters. The molecule has 0 spiro atoms. The van der Waals surface area contributed by atoms with Crippen molar-refractivity contribution in [1.29, 1.82) is 0 Å². The average molecular weight is 206 g/mol. The second-order valence-electron chi connectivity index (χ2n) is 4.20. The van der Waals surface area contributed by atoms with Gasteiger partial charge in [-0.25, -0.2) is 4.79 Å². The number of esters is 1. The van der Waals surface area contributed by atoms with Gasteiger partial charge in [0.1, 0.15) is 5.60 Å². The van der Waals surface area contributed by atoms with Crippen LogP contribution in [-0.4, -0.2) is 17.4 Å². The molecule has 1 rings (SSSR count). The SMILES string of the molecule is CC(C)(C)OC(=O)C(=O)c1ccccc1. The number of carbonyl (C=O) groups excluding carboxylic acids is 2. The Hall–Kier alpha value is -1.64. The van der Waals surface area contributed by atoms with Gasteiger partial charge in [0.05, 0.1) is 0 Å². The molecule has 0 fully saturated rings. The Morgan fingerprint density at radius 1 is 1.07 bits per heavy atom. The van der Waals surface area contributed by atoms with Crippen LogP contribution in [0.3, 0.4) is 0 Å². The topological polar surface area (TPSA) is 43.4 Å². The first-order valence-electron chi connectivity index (χ1n) is 4.73. The van der Waals surface area contributed by atoms with E-state index in [-0.39, 0.29) is 0 Å². The summed E-state index contributed by atoms with van der Waals surface area (Å²) in [5.74, 6) is -1.42. The van der Waals surface area contributed by atoms with Crippen molar-refractivity contribution in [3.05, 3.63) is 35.9 Å². The zero-order valence-electron chi connectivity index (χ0n) is 9.11. The largest absolute Gasteiger partial charge is 0.454 e. The van der Waals surface area contributed by atoms with Crippen molar-refractivity contribution in [2.75, 3.05) is 0 Å². The average Bonchev–Trinajstić information content (AvgIpc) is 2.15. The fourth-order valence-corrected chi connectivity index (χ4v) is 1.03. The smallest absolute Gasteiger partial charge is 0.380 e. The van der Waals surface area contributed by atoms with Crippen LogP contribution in [0.25, 0.3) is 0 Å². The van der Waals surface area contributed by atoms with E-state index in [1.165, 1.54) is 0 Å². The maximum atomic E-state index is 11.5. The molecule has 0 saturated carbocycles. The number of ether oxygens (including phenoxy) is 1. The van der Waals surface area contributed by atoms with Crippen molar-refractivity contribution < 1.29 is 14.3 Å². The number of hydrogen-bond donors (Lipinski definition) is 0. The molecule has 0 bridgehead atoms. The maximum Gasteiger partial charge on any atom is 0.380 e. The fourth-order valence-electron chi connectivity index (χ4n) is 1.03. The molecular weight excluding hydrogens is 192 g/mol. The van der Waals surface area contributed by atoms with Crippen LogP contribution in [0.5, 0.6) is 0 Å². The lowest BCUT2D eigenvalue weighted by Crippen LogP contribution is -2.28. The monoisotopic (exact) mass is 206 g/mol. The van der Waals surface area contributed by atoms with Crippen molar-refractivity contribution in [1.82, 2.24) is 0 Å². The van der Waals surface area contributed by atoms with Gasteiger partial charge in [0, 0.05) is 5.56 Å². The first-order chi connectivity index (χ1) is 6.90. The molecule has 80 valence electrons. The van der Waals surface area contributed by atoms with Gasteiger partial charge >= 0.3 is 5.97 Å². The normalized spacial score (nSPS) is 10.9. The minimum absolute atomic E-state index is 0.353. The number of hydrogen-bond acceptors (Lipinski definition) is 3. The molecule has 0 aromatic heterocycles. The summed E-state index contributed by atoms with van der Waals surface area (Å²) < 4.78 is 4.97. The molecule has 0 saturated heterocycles. The minimum Gasteiger partial charge on any atom is -0.454 e. The van der Waals surface area contributed by atoms with Gasteiger partial charge in [0.2, 0.25) is 0 Å². The highest BCUT2D eigenvalue weighted by atomic mass is 16.6. The van der Waals surface area contributed by atoms with Crippen LogP contribution in [0, 0.1) is 0 Å². The number of carbonyl (C=O) groups is 2. The number of ketones is 1. The Morgan fingerprint density at radius 3 is 2.07 bits per heavy atom. The van der Waals surface area contributed by atoms with Gasteiger partial charge < -0.3 is 4.74 Å². The van der Waals surface area contributed by atoms with Crippen LogP contribution in [0.2, 0.25) is 0 Å². The molecule has 1 aromatic rings. The summed E-state index contributed by atoms with van der Waals surface area (Å²) in [6.07, 6.45) is 0. The van der Waals surface area contributed by atoms with Crippen LogP contribution in [0.4, 0.5) is 0 Å². The van der Waals surface area contributed by atoms with Crippen LogP contribution >= 0.6 is 0 Å². The zero-order valence-corrected chi connectivity index (χ0v) is 9.11. The molecule has 0 N–H and O–H groups in total. The van der Waals surface area contributed by atoms with E-state index in [2.05, 4.69) is 0 Å². The molecule has 1 aromatic carbocycles. The lowest BCUT2D eigenvalue weighted by molar-refractivity contribution is -0.148. The third-order valence-corrected chi connectivity index (χ3v) is 1.62.